The summed E-state index contributed by atoms with van der Waals surface area (Å²) < 4.78 is 1.86. The first kappa shape index (κ1) is 10.2. The van der Waals surface area contributed by atoms with Crippen molar-refractivity contribution in [2.75, 3.05) is 5.73 Å². The second-order valence-corrected chi connectivity index (χ2v) is 4.69. The van der Waals surface area contributed by atoms with Crippen molar-refractivity contribution in [1.29, 1.82) is 0 Å². The number of nitrogens with two attached hydrogens (primary N) is 1. The monoisotopic (exact) mass is 245 g/mol. The Balaban J connectivity index is 2.03. The quantitative estimate of drug-likeness (QED) is 0.747. The van der Waals surface area contributed by atoms with E-state index in [-0.39, 0.29) is 0 Å². The van der Waals surface area contributed by atoms with Crippen molar-refractivity contribution in [1.82, 2.24) is 19.7 Å². The molecule has 0 aliphatic heterocycles. The Hall–Kier alpha value is -1.95. The van der Waals surface area contributed by atoms with Gasteiger partial charge in [-0.3, -0.25) is 4.68 Å². The lowest BCUT2D eigenvalue weighted by atomic mass is 10.4. The zero-order valence-corrected chi connectivity index (χ0v) is 10.1. The summed E-state index contributed by atoms with van der Waals surface area (Å²) in [6.45, 7) is 2.55. The third-order valence-electron chi connectivity index (χ3n) is 2.62. The van der Waals surface area contributed by atoms with Crippen molar-refractivity contribution in [2.45, 2.75) is 13.5 Å². The molecule has 2 N–H and O–H groups in total. The van der Waals surface area contributed by atoms with Gasteiger partial charge in [0.05, 0.1) is 5.39 Å². The minimum Gasteiger partial charge on any atom is -0.383 e. The van der Waals surface area contributed by atoms with Gasteiger partial charge in [-0.25, -0.2) is 9.97 Å². The average molecular weight is 245 g/mol. The lowest BCUT2D eigenvalue weighted by molar-refractivity contribution is 0.640. The Bertz CT molecular complexity index is 669. The number of fused-ring (bicyclic) bond motifs is 1. The number of thiophene rings is 1. The highest BCUT2D eigenvalue weighted by Crippen LogP contribution is 2.22. The first-order valence-electron chi connectivity index (χ1n) is 5.22. The molecule has 0 atom stereocenters. The third kappa shape index (κ3) is 1.76. The van der Waals surface area contributed by atoms with E-state index in [0.717, 1.165) is 15.9 Å². The normalized spacial score (nSPS) is 11.1. The van der Waals surface area contributed by atoms with Crippen molar-refractivity contribution < 1.29 is 0 Å². The maximum absolute atomic E-state index is 5.89. The van der Waals surface area contributed by atoms with Crippen LogP contribution in [0.25, 0.3) is 10.2 Å². The fourth-order valence-electron chi connectivity index (χ4n) is 1.69. The highest BCUT2D eigenvalue weighted by atomic mass is 32.1. The minimum absolute atomic E-state index is 0.538. The number of nitrogens with zero attached hydrogens (tertiary/aromatic N) is 4. The molecule has 5 nitrogen and oxygen atoms in total. The molecule has 3 rings (SSSR count). The number of aryl methyl sites for hydroxylation is 1. The van der Waals surface area contributed by atoms with E-state index in [0.29, 0.717) is 18.2 Å². The molecular weight excluding hydrogens is 234 g/mol. The van der Waals surface area contributed by atoms with Crippen LogP contribution >= 0.6 is 11.3 Å². The number of hydrogen-bond donors (Lipinski definition) is 1. The van der Waals surface area contributed by atoms with Gasteiger partial charge in [0.2, 0.25) is 0 Å². The molecule has 0 unspecified atom stereocenters. The lowest BCUT2D eigenvalue weighted by Crippen LogP contribution is -2.08. The van der Waals surface area contributed by atoms with Crippen LogP contribution in [0.5, 0.6) is 0 Å². The van der Waals surface area contributed by atoms with Crippen LogP contribution in [0.3, 0.4) is 0 Å². The fourth-order valence-corrected chi connectivity index (χ4v) is 2.48. The van der Waals surface area contributed by atoms with Gasteiger partial charge in [-0.1, -0.05) is 0 Å². The number of rotatable bonds is 2. The van der Waals surface area contributed by atoms with Crippen LogP contribution in [0.1, 0.15) is 11.5 Å². The summed E-state index contributed by atoms with van der Waals surface area (Å²) in [4.78, 5) is 9.71. The van der Waals surface area contributed by atoms with Gasteiger partial charge in [-0.15, -0.1) is 11.3 Å². The van der Waals surface area contributed by atoms with Crippen LogP contribution in [0.15, 0.2) is 23.7 Å². The Morgan fingerprint density at radius 3 is 3.00 bits per heavy atom. The van der Waals surface area contributed by atoms with Gasteiger partial charge >= 0.3 is 0 Å². The number of anilines is 1. The summed E-state index contributed by atoms with van der Waals surface area (Å²) in [6.07, 6.45) is 1.77. The van der Waals surface area contributed by atoms with E-state index in [1.807, 2.05) is 29.1 Å². The maximum atomic E-state index is 5.89. The molecule has 17 heavy (non-hydrogen) atoms. The number of aromatic nitrogens is 4. The van der Waals surface area contributed by atoms with Gasteiger partial charge in [-0.05, 0) is 24.4 Å². The number of nitrogen functional groups attached to an aromatic ring is 1. The van der Waals surface area contributed by atoms with Crippen molar-refractivity contribution >= 4 is 27.4 Å². The van der Waals surface area contributed by atoms with Crippen molar-refractivity contribution in [3.8, 4) is 0 Å². The molecular formula is C11H11N5S. The summed E-state index contributed by atoms with van der Waals surface area (Å²) in [5.74, 6) is 1.24. The molecule has 0 aliphatic carbocycles. The van der Waals surface area contributed by atoms with E-state index < -0.39 is 0 Å². The highest BCUT2D eigenvalue weighted by molar-refractivity contribution is 7.16. The third-order valence-corrected chi connectivity index (χ3v) is 3.43. The van der Waals surface area contributed by atoms with E-state index in [4.69, 9.17) is 5.73 Å². The Kier molecular flexibility index (Phi) is 2.29. The van der Waals surface area contributed by atoms with Crippen LogP contribution in [0, 0.1) is 6.92 Å². The lowest BCUT2D eigenvalue weighted by Gasteiger charge is -2.04. The molecule has 0 radical (unpaired) electrons. The highest BCUT2D eigenvalue weighted by Gasteiger charge is 2.07. The van der Waals surface area contributed by atoms with Crippen LogP contribution in [0.2, 0.25) is 0 Å². The predicted molar refractivity (Wildman–Crippen MR) is 67.9 cm³/mol. The first-order valence-corrected chi connectivity index (χ1v) is 6.10. The molecule has 3 aromatic heterocycles. The maximum Gasteiger partial charge on any atom is 0.153 e. The number of hydrogen-bond acceptors (Lipinski definition) is 5. The molecule has 0 bridgehead atoms. The topological polar surface area (TPSA) is 69.6 Å². The molecule has 0 fully saturated rings. The molecule has 6 heteroatoms. The summed E-state index contributed by atoms with van der Waals surface area (Å²) in [5.41, 5.74) is 6.98. The molecule has 3 aromatic rings. The van der Waals surface area contributed by atoms with Crippen LogP contribution in [0.4, 0.5) is 5.82 Å². The van der Waals surface area contributed by atoms with Gasteiger partial charge < -0.3 is 5.73 Å². The van der Waals surface area contributed by atoms with E-state index in [9.17, 15) is 0 Å². The molecule has 0 saturated heterocycles. The van der Waals surface area contributed by atoms with Gasteiger partial charge in [0.1, 0.15) is 17.2 Å². The fraction of sp³-hybridized carbons (Fsp3) is 0.182. The van der Waals surface area contributed by atoms with E-state index in [2.05, 4.69) is 15.1 Å². The van der Waals surface area contributed by atoms with Crippen molar-refractivity contribution in [3.05, 3.63) is 35.2 Å². The van der Waals surface area contributed by atoms with E-state index in [1.165, 1.54) is 0 Å². The standard InChI is InChI=1S/C11H11N5S/c1-7-2-4-13-16(7)6-9-14-10(12)8-3-5-17-11(8)15-9/h2-5H,6H2,1H3,(H2,12,14,15). The largest absolute Gasteiger partial charge is 0.383 e. The SMILES string of the molecule is Cc1ccnn1Cc1nc(N)c2ccsc2n1. The summed E-state index contributed by atoms with van der Waals surface area (Å²) in [7, 11) is 0. The summed E-state index contributed by atoms with van der Waals surface area (Å²) in [6, 6.07) is 3.89. The molecule has 0 aromatic carbocycles. The van der Waals surface area contributed by atoms with Gasteiger partial charge in [-0.2, -0.15) is 5.10 Å². The van der Waals surface area contributed by atoms with Crippen molar-refractivity contribution in [3.63, 3.8) is 0 Å². The molecule has 0 amide bonds. The van der Waals surface area contributed by atoms with E-state index >= 15 is 0 Å². The minimum atomic E-state index is 0.538. The Morgan fingerprint density at radius 1 is 1.35 bits per heavy atom. The molecule has 0 aliphatic rings. The second-order valence-electron chi connectivity index (χ2n) is 3.79. The van der Waals surface area contributed by atoms with Crippen LogP contribution < -0.4 is 5.73 Å². The molecule has 3 heterocycles. The smallest absolute Gasteiger partial charge is 0.153 e. The average Bonchev–Trinajstić information content (AvgIpc) is 2.89. The predicted octanol–water partition coefficient (Wildman–Crippen LogP) is 1.83. The first-order chi connectivity index (χ1) is 8.24. The summed E-state index contributed by atoms with van der Waals surface area (Å²) in [5, 5.41) is 7.11. The molecule has 0 spiro atoms. The molecule has 0 saturated carbocycles. The van der Waals surface area contributed by atoms with Crippen LogP contribution in [-0.2, 0) is 6.54 Å². The van der Waals surface area contributed by atoms with Gasteiger partial charge in [0.25, 0.3) is 0 Å². The zero-order chi connectivity index (χ0) is 11.8. The molecule has 86 valence electrons. The second kappa shape index (κ2) is 3.81. The van der Waals surface area contributed by atoms with Gasteiger partial charge in [0.15, 0.2) is 5.82 Å². The summed E-state index contributed by atoms with van der Waals surface area (Å²) >= 11 is 1.57. The van der Waals surface area contributed by atoms with Crippen LogP contribution in [-0.4, -0.2) is 19.7 Å². The zero-order valence-electron chi connectivity index (χ0n) is 9.29. The van der Waals surface area contributed by atoms with Gasteiger partial charge in [0, 0.05) is 11.9 Å². The Labute approximate surface area is 102 Å². The Morgan fingerprint density at radius 2 is 2.24 bits per heavy atom. The van der Waals surface area contributed by atoms with E-state index in [1.54, 1.807) is 17.5 Å². The van der Waals surface area contributed by atoms with Crippen molar-refractivity contribution in [2.24, 2.45) is 0 Å².